The molecule has 0 aliphatic carbocycles. The number of carbonyl (C=O) groups excluding carboxylic acids is 2. The van der Waals surface area contributed by atoms with Crippen LogP contribution >= 0.6 is 0 Å². The first-order chi connectivity index (χ1) is 11.5. The molecule has 0 unspecified atom stereocenters. The van der Waals surface area contributed by atoms with Crippen molar-refractivity contribution in [1.29, 1.82) is 0 Å². The van der Waals surface area contributed by atoms with E-state index in [4.69, 9.17) is 0 Å². The summed E-state index contributed by atoms with van der Waals surface area (Å²) in [4.78, 5) is 23.0. The fourth-order valence-electron chi connectivity index (χ4n) is 2.65. The fraction of sp³-hybridized carbons (Fsp3) is 0.579. The van der Waals surface area contributed by atoms with E-state index in [1.807, 2.05) is 5.32 Å². The Hall–Kier alpha value is -1.88. The third-order valence-electron chi connectivity index (χ3n) is 4.18. The first-order valence-electron chi connectivity index (χ1n) is 8.87. The number of carbonyl (C=O) groups is 2. The van der Waals surface area contributed by atoms with E-state index in [-0.39, 0.29) is 24.4 Å². The highest BCUT2D eigenvalue weighted by atomic mass is 16.2. The minimum atomic E-state index is -0.188. The third kappa shape index (κ3) is 7.13. The van der Waals surface area contributed by atoms with Crippen LogP contribution in [-0.2, 0) is 16.0 Å². The summed E-state index contributed by atoms with van der Waals surface area (Å²) in [6, 6.07) is 8.97. The molecule has 0 heterocycles. The molecule has 1 atom stereocenters. The van der Waals surface area contributed by atoms with E-state index in [0.717, 1.165) is 6.42 Å². The Bertz CT molecular complexity index is 512. The molecule has 0 radical (unpaired) electrons. The van der Waals surface area contributed by atoms with Gasteiger partial charge in [-0.2, -0.15) is 0 Å². The van der Waals surface area contributed by atoms with Crippen LogP contribution < -0.4 is 16.0 Å². The first-order valence-corrected chi connectivity index (χ1v) is 8.87. The third-order valence-corrected chi connectivity index (χ3v) is 4.18. The van der Waals surface area contributed by atoms with Crippen LogP contribution in [0.1, 0.15) is 50.8 Å². The van der Waals surface area contributed by atoms with Crippen LogP contribution in [0.3, 0.4) is 0 Å². The zero-order valence-corrected chi connectivity index (χ0v) is 15.4. The van der Waals surface area contributed by atoms with Crippen LogP contribution in [0.25, 0.3) is 0 Å². The SMILES string of the molecule is CCCCc1ccc([C@H]([NH2+]CC(=O)NCC(=O)NC)C(C)C)cc1. The lowest BCUT2D eigenvalue weighted by Crippen LogP contribution is -2.88. The van der Waals surface area contributed by atoms with E-state index in [9.17, 15) is 9.59 Å². The number of hydrogen-bond acceptors (Lipinski definition) is 2. The molecule has 0 saturated heterocycles. The minimum absolute atomic E-state index is 0.0294. The number of benzene rings is 1. The van der Waals surface area contributed by atoms with Crippen molar-refractivity contribution in [3.63, 3.8) is 0 Å². The topological polar surface area (TPSA) is 74.8 Å². The van der Waals surface area contributed by atoms with Crippen LogP contribution in [0.2, 0.25) is 0 Å². The van der Waals surface area contributed by atoms with Crippen molar-refractivity contribution >= 4 is 11.8 Å². The second kappa shape index (κ2) is 10.8. The van der Waals surface area contributed by atoms with Crippen molar-refractivity contribution in [3.8, 4) is 0 Å². The van der Waals surface area contributed by atoms with Gasteiger partial charge in [0, 0.05) is 18.5 Å². The van der Waals surface area contributed by atoms with E-state index in [2.05, 4.69) is 55.7 Å². The zero-order chi connectivity index (χ0) is 17.9. The number of quaternary nitrogens is 1. The monoisotopic (exact) mass is 334 g/mol. The van der Waals surface area contributed by atoms with Gasteiger partial charge < -0.3 is 16.0 Å². The largest absolute Gasteiger partial charge is 0.358 e. The molecule has 0 aromatic heterocycles. The van der Waals surface area contributed by atoms with Crippen LogP contribution in [-0.4, -0.2) is 32.0 Å². The number of aryl methyl sites for hydroxylation is 1. The lowest BCUT2D eigenvalue weighted by molar-refractivity contribution is -0.692. The molecule has 134 valence electrons. The highest BCUT2D eigenvalue weighted by Gasteiger charge is 2.20. The molecule has 1 aromatic carbocycles. The zero-order valence-electron chi connectivity index (χ0n) is 15.4. The molecule has 5 nitrogen and oxygen atoms in total. The molecule has 0 aliphatic rings. The predicted octanol–water partition coefficient (Wildman–Crippen LogP) is 1.15. The van der Waals surface area contributed by atoms with Gasteiger partial charge in [-0.3, -0.25) is 9.59 Å². The Balaban J connectivity index is 2.57. The van der Waals surface area contributed by atoms with Crippen LogP contribution in [0, 0.1) is 5.92 Å². The van der Waals surface area contributed by atoms with E-state index in [1.54, 1.807) is 7.05 Å². The van der Waals surface area contributed by atoms with Gasteiger partial charge >= 0.3 is 0 Å². The van der Waals surface area contributed by atoms with E-state index >= 15 is 0 Å². The number of nitrogens with one attached hydrogen (secondary N) is 2. The molecule has 0 aliphatic heterocycles. The number of unbranched alkanes of at least 4 members (excludes halogenated alkanes) is 1. The average molecular weight is 334 g/mol. The van der Waals surface area contributed by atoms with Crippen LogP contribution in [0.5, 0.6) is 0 Å². The summed E-state index contributed by atoms with van der Waals surface area (Å²) in [5, 5.41) is 7.16. The molecule has 1 aromatic rings. The molecule has 0 spiro atoms. The Morgan fingerprint density at radius 3 is 2.33 bits per heavy atom. The molecule has 24 heavy (non-hydrogen) atoms. The van der Waals surface area contributed by atoms with E-state index in [0.29, 0.717) is 12.5 Å². The van der Waals surface area contributed by atoms with Gasteiger partial charge in [-0.1, -0.05) is 51.5 Å². The maximum absolute atomic E-state index is 11.9. The summed E-state index contributed by atoms with van der Waals surface area (Å²) in [6.07, 6.45) is 3.54. The second-order valence-electron chi connectivity index (χ2n) is 6.50. The van der Waals surface area contributed by atoms with Gasteiger partial charge in [0.25, 0.3) is 5.91 Å². The molecule has 0 bridgehead atoms. The number of amides is 2. The van der Waals surface area contributed by atoms with Crippen LogP contribution in [0.4, 0.5) is 0 Å². The number of rotatable bonds is 10. The van der Waals surface area contributed by atoms with Crippen molar-refractivity contribution in [1.82, 2.24) is 10.6 Å². The van der Waals surface area contributed by atoms with Crippen molar-refractivity contribution < 1.29 is 14.9 Å². The van der Waals surface area contributed by atoms with Gasteiger partial charge in [-0.25, -0.2) is 0 Å². The van der Waals surface area contributed by atoms with Crippen molar-refractivity contribution in [2.45, 2.75) is 46.1 Å². The Labute approximate surface area is 145 Å². The van der Waals surface area contributed by atoms with Crippen molar-refractivity contribution in [2.24, 2.45) is 5.92 Å². The Morgan fingerprint density at radius 1 is 1.12 bits per heavy atom. The summed E-state index contributed by atoms with van der Waals surface area (Å²) < 4.78 is 0. The highest BCUT2D eigenvalue weighted by molar-refractivity contribution is 5.84. The van der Waals surface area contributed by atoms with Gasteiger partial charge in [0.15, 0.2) is 6.54 Å². The molecular formula is C19H32N3O2+. The highest BCUT2D eigenvalue weighted by Crippen LogP contribution is 2.18. The molecule has 2 amide bonds. The molecule has 4 N–H and O–H groups in total. The first kappa shape index (κ1) is 20.2. The standard InChI is InChI=1S/C19H31N3O2/c1-5-6-7-15-8-10-16(11-9-15)19(14(2)3)22-13-18(24)21-12-17(23)20-4/h8-11,14,19,22H,5-7,12-13H2,1-4H3,(H,20,23)(H,21,24)/p+1/t19-/m1/s1. The number of hydrogen-bond donors (Lipinski definition) is 3. The molecule has 0 fully saturated rings. The maximum Gasteiger partial charge on any atom is 0.275 e. The number of likely N-dealkylation sites (N-methyl/N-ethyl adjacent to an activating group) is 1. The van der Waals surface area contributed by atoms with Gasteiger partial charge in [-0.15, -0.1) is 0 Å². The number of nitrogens with two attached hydrogens (primary N) is 1. The lowest BCUT2D eigenvalue weighted by Gasteiger charge is -2.20. The van der Waals surface area contributed by atoms with Crippen LogP contribution in [0.15, 0.2) is 24.3 Å². The van der Waals surface area contributed by atoms with E-state index < -0.39 is 0 Å². The Morgan fingerprint density at radius 2 is 1.79 bits per heavy atom. The quantitative estimate of drug-likeness (QED) is 0.600. The van der Waals surface area contributed by atoms with E-state index in [1.165, 1.54) is 24.0 Å². The summed E-state index contributed by atoms with van der Waals surface area (Å²) in [5.74, 6) is 0.105. The fourth-order valence-corrected chi connectivity index (χ4v) is 2.65. The van der Waals surface area contributed by atoms with Crippen molar-refractivity contribution in [2.75, 3.05) is 20.1 Å². The second-order valence-corrected chi connectivity index (χ2v) is 6.50. The van der Waals surface area contributed by atoms with Gasteiger partial charge in [0.05, 0.1) is 6.54 Å². The summed E-state index contributed by atoms with van der Waals surface area (Å²) >= 11 is 0. The van der Waals surface area contributed by atoms with Gasteiger partial charge in [0.2, 0.25) is 5.91 Å². The van der Waals surface area contributed by atoms with Crippen molar-refractivity contribution in [3.05, 3.63) is 35.4 Å². The lowest BCUT2D eigenvalue weighted by atomic mass is 9.94. The summed E-state index contributed by atoms with van der Waals surface area (Å²) in [5.41, 5.74) is 2.61. The molecular weight excluding hydrogens is 302 g/mol. The summed E-state index contributed by atoms with van der Waals surface area (Å²) in [7, 11) is 1.56. The smallest absolute Gasteiger partial charge is 0.275 e. The molecule has 5 heteroatoms. The Kier molecular flexibility index (Phi) is 9.08. The van der Waals surface area contributed by atoms with Gasteiger partial charge in [0.1, 0.15) is 6.04 Å². The average Bonchev–Trinajstić information content (AvgIpc) is 2.58. The maximum atomic E-state index is 11.9. The normalized spacial score (nSPS) is 12.0. The minimum Gasteiger partial charge on any atom is -0.358 e. The molecule has 0 saturated carbocycles. The summed E-state index contributed by atoms with van der Waals surface area (Å²) in [6.45, 7) is 6.87. The molecule has 1 rings (SSSR count). The van der Waals surface area contributed by atoms with Gasteiger partial charge in [-0.05, 0) is 18.4 Å². The predicted molar refractivity (Wildman–Crippen MR) is 96.5 cm³/mol.